The highest BCUT2D eigenvalue weighted by Gasteiger charge is 2.27. The van der Waals surface area contributed by atoms with Gasteiger partial charge in [0.2, 0.25) is 0 Å². The Morgan fingerprint density at radius 1 is 1.33 bits per heavy atom. The highest BCUT2D eigenvalue weighted by atomic mass is 16.2. The fraction of sp³-hybridized carbons (Fsp3) is 0.375. The van der Waals surface area contributed by atoms with E-state index in [1.165, 1.54) is 11.1 Å². The second-order valence-corrected chi connectivity index (χ2v) is 5.41. The van der Waals surface area contributed by atoms with Crippen LogP contribution in [0.25, 0.3) is 0 Å². The SMILES string of the molecule is CCn1nc(C)c(N)c1C(=O)N1CCc2ccccc2C1. The summed E-state index contributed by atoms with van der Waals surface area (Å²) >= 11 is 0. The average Bonchev–Trinajstić information content (AvgIpc) is 2.81. The predicted octanol–water partition coefficient (Wildman–Crippen LogP) is 1.99. The van der Waals surface area contributed by atoms with Crippen LogP contribution in [0.3, 0.4) is 0 Å². The van der Waals surface area contributed by atoms with E-state index < -0.39 is 0 Å². The summed E-state index contributed by atoms with van der Waals surface area (Å²) in [5.41, 5.74) is 10.3. The van der Waals surface area contributed by atoms with Gasteiger partial charge in [-0.1, -0.05) is 24.3 Å². The lowest BCUT2D eigenvalue weighted by molar-refractivity contribution is 0.0723. The van der Waals surface area contributed by atoms with Crippen LogP contribution in [0.4, 0.5) is 5.69 Å². The zero-order chi connectivity index (χ0) is 15.0. The molecule has 0 aliphatic carbocycles. The molecule has 0 radical (unpaired) electrons. The zero-order valence-electron chi connectivity index (χ0n) is 12.5. The number of aryl methyl sites for hydroxylation is 2. The van der Waals surface area contributed by atoms with E-state index in [0.717, 1.165) is 18.7 Å². The second kappa shape index (κ2) is 5.24. The van der Waals surface area contributed by atoms with Gasteiger partial charge in [0.1, 0.15) is 5.69 Å². The monoisotopic (exact) mass is 284 g/mol. The fourth-order valence-corrected chi connectivity index (χ4v) is 2.87. The van der Waals surface area contributed by atoms with E-state index in [-0.39, 0.29) is 5.91 Å². The summed E-state index contributed by atoms with van der Waals surface area (Å²) in [5.74, 6) is -0.0237. The number of rotatable bonds is 2. The van der Waals surface area contributed by atoms with Crippen LogP contribution in [0, 0.1) is 6.92 Å². The molecule has 21 heavy (non-hydrogen) atoms. The maximum Gasteiger partial charge on any atom is 0.274 e. The molecule has 2 heterocycles. The third-order valence-electron chi connectivity index (χ3n) is 4.09. The van der Waals surface area contributed by atoms with Crippen LogP contribution < -0.4 is 5.73 Å². The molecule has 0 unspecified atom stereocenters. The Kier molecular flexibility index (Phi) is 3.41. The number of nitrogen functional groups attached to an aromatic ring is 1. The van der Waals surface area contributed by atoms with Gasteiger partial charge in [-0.2, -0.15) is 5.10 Å². The minimum absolute atomic E-state index is 0.0237. The number of hydrogen-bond donors (Lipinski definition) is 1. The molecule has 0 spiro atoms. The van der Waals surface area contributed by atoms with Gasteiger partial charge in [0, 0.05) is 19.6 Å². The van der Waals surface area contributed by atoms with Gasteiger partial charge in [0.05, 0.1) is 11.4 Å². The van der Waals surface area contributed by atoms with Gasteiger partial charge >= 0.3 is 0 Å². The van der Waals surface area contributed by atoms with E-state index in [1.54, 1.807) is 4.68 Å². The Hall–Kier alpha value is -2.30. The smallest absolute Gasteiger partial charge is 0.274 e. The van der Waals surface area contributed by atoms with Crippen LogP contribution in [0.1, 0.15) is 34.2 Å². The number of fused-ring (bicyclic) bond motifs is 1. The highest BCUT2D eigenvalue weighted by molar-refractivity contribution is 5.98. The molecule has 2 N–H and O–H groups in total. The van der Waals surface area contributed by atoms with Gasteiger partial charge in [-0.05, 0) is 31.4 Å². The van der Waals surface area contributed by atoms with Crippen LogP contribution >= 0.6 is 0 Å². The minimum atomic E-state index is -0.0237. The molecule has 5 heteroatoms. The number of carbonyl (C=O) groups is 1. The summed E-state index contributed by atoms with van der Waals surface area (Å²) in [6.45, 7) is 5.81. The van der Waals surface area contributed by atoms with Crippen molar-refractivity contribution in [1.82, 2.24) is 14.7 Å². The second-order valence-electron chi connectivity index (χ2n) is 5.41. The summed E-state index contributed by atoms with van der Waals surface area (Å²) in [6.07, 6.45) is 0.890. The van der Waals surface area contributed by atoms with Crippen molar-refractivity contribution >= 4 is 11.6 Å². The number of amides is 1. The normalized spacial score (nSPS) is 14.1. The Labute approximate surface area is 124 Å². The third kappa shape index (κ3) is 2.28. The third-order valence-corrected chi connectivity index (χ3v) is 4.09. The molecule has 1 aromatic carbocycles. The number of benzene rings is 1. The van der Waals surface area contributed by atoms with E-state index in [0.29, 0.717) is 24.5 Å². The zero-order valence-corrected chi connectivity index (χ0v) is 12.5. The Morgan fingerprint density at radius 2 is 2.05 bits per heavy atom. The molecule has 1 amide bonds. The molecule has 3 rings (SSSR count). The Morgan fingerprint density at radius 3 is 2.76 bits per heavy atom. The van der Waals surface area contributed by atoms with E-state index >= 15 is 0 Å². The van der Waals surface area contributed by atoms with Crippen LogP contribution in [0.2, 0.25) is 0 Å². The first-order valence-electron chi connectivity index (χ1n) is 7.30. The Balaban J connectivity index is 1.91. The van der Waals surface area contributed by atoms with E-state index in [1.807, 2.05) is 30.9 Å². The van der Waals surface area contributed by atoms with Gasteiger partial charge in [0.15, 0.2) is 0 Å². The van der Waals surface area contributed by atoms with Crippen molar-refractivity contribution in [1.29, 1.82) is 0 Å². The lowest BCUT2D eigenvalue weighted by atomic mass is 9.99. The summed E-state index contributed by atoms with van der Waals surface area (Å²) in [4.78, 5) is 14.7. The summed E-state index contributed by atoms with van der Waals surface area (Å²) in [6, 6.07) is 8.28. The number of aromatic nitrogens is 2. The molecule has 2 aromatic rings. The molecule has 0 atom stereocenters. The van der Waals surface area contributed by atoms with Crippen LogP contribution in [0.5, 0.6) is 0 Å². The molecule has 1 aliphatic rings. The minimum Gasteiger partial charge on any atom is -0.395 e. The molecule has 0 bridgehead atoms. The quantitative estimate of drug-likeness (QED) is 0.917. The lowest BCUT2D eigenvalue weighted by Crippen LogP contribution is -2.37. The first kappa shape index (κ1) is 13.7. The molecular weight excluding hydrogens is 264 g/mol. The van der Waals surface area contributed by atoms with Crippen LogP contribution in [-0.2, 0) is 19.5 Å². The Bertz CT molecular complexity index is 690. The van der Waals surface area contributed by atoms with Crippen molar-refractivity contribution < 1.29 is 4.79 Å². The molecule has 0 fully saturated rings. The molecule has 1 aromatic heterocycles. The fourth-order valence-electron chi connectivity index (χ4n) is 2.87. The van der Waals surface area contributed by atoms with Crippen molar-refractivity contribution in [3.8, 4) is 0 Å². The van der Waals surface area contributed by atoms with Crippen molar-refractivity contribution in [2.45, 2.75) is 33.4 Å². The van der Waals surface area contributed by atoms with Crippen LogP contribution in [0.15, 0.2) is 24.3 Å². The molecule has 110 valence electrons. The summed E-state index contributed by atoms with van der Waals surface area (Å²) in [5, 5.41) is 4.33. The molecule has 1 aliphatic heterocycles. The van der Waals surface area contributed by atoms with E-state index in [2.05, 4.69) is 17.2 Å². The number of nitrogens with two attached hydrogens (primary N) is 1. The molecule has 5 nitrogen and oxygen atoms in total. The van der Waals surface area contributed by atoms with Gasteiger partial charge in [-0.3, -0.25) is 9.48 Å². The van der Waals surface area contributed by atoms with Gasteiger partial charge in [-0.15, -0.1) is 0 Å². The van der Waals surface area contributed by atoms with Gasteiger partial charge in [-0.25, -0.2) is 0 Å². The summed E-state index contributed by atoms with van der Waals surface area (Å²) in [7, 11) is 0. The summed E-state index contributed by atoms with van der Waals surface area (Å²) < 4.78 is 1.70. The average molecular weight is 284 g/mol. The first-order chi connectivity index (χ1) is 10.1. The molecule has 0 saturated carbocycles. The number of carbonyl (C=O) groups excluding carboxylic acids is 1. The van der Waals surface area contributed by atoms with Crippen molar-refractivity contribution in [3.05, 3.63) is 46.8 Å². The van der Waals surface area contributed by atoms with Gasteiger partial charge in [0.25, 0.3) is 5.91 Å². The maximum atomic E-state index is 12.8. The van der Waals surface area contributed by atoms with Crippen LogP contribution in [-0.4, -0.2) is 27.1 Å². The van der Waals surface area contributed by atoms with Gasteiger partial charge < -0.3 is 10.6 Å². The van der Waals surface area contributed by atoms with E-state index in [9.17, 15) is 4.79 Å². The van der Waals surface area contributed by atoms with Crippen molar-refractivity contribution in [2.75, 3.05) is 12.3 Å². The standard InChI is InChI=1S/C16H20N4O/c1-3-20-15(14(17)11(2)18-20)16(21)19-9-8-12-6-4-5-7-13(12)10-19/h4-7H,3,8-10,17H2,1-2H3. The first-order valence-corrected chi connectivity index (χ1v) is 7.30. The topological polar surface area (TPSA) is 64.2 Å². The highest BCUT2D eigenvalue weighted by Crippen LogP contribution is 2.23. The lowest BCUT2D eigenvalue weighted by Gasteiger charge is -2.29. The molecule has 0 saturated heterocycles. The van der Waals surface area contributed by atoms with Crippen molar-refractivity contribution in [2.24, 2.45) is 0 Å². The number of nitrogens with zero attached hydrogens (tertiary/aromatic N) is 3. The number of anilines is 1. The predicted molar refractivity (Wildman–Crippen MR) is 81.9 cm³/mol. The van der Waals surface area contributed by atoms with Crippen molar-refractivity contribution in [3.63, 3.8) is 0 Å². The molecular formula is C16H20N4O. The van der Waals surface area contributed by atoms with E-state index in [4.69, 9.17) is 5.73 Å². The number of hydrogen-bond acceptors (Lipinski definition) is 3. The largest absolute Gasteiger partial charge is 0.395 e. The maximum absolute atomic E-state index is 12.8.